The number of nitrogens with one attached hydrogen (secondary N) is 1. The number of carbonyl (C=O) groups is 1. The molecule has 1 saturated carbocycles. The number of rotatable bonds is 4. The van der Waals surface area contributed by atoms with Gasteiger partial charge >= 0.3 is 0 Å². The highest BCUT2D eigenvalue weighted by Crippen LogP contribution is 2.67. The molecule has 0 unspecified atom stereocenters. The molecule has 0 bridgehead atoms. The Kier molecular flexibility index (Phi) is 3.72. The molecule has 0 spiro atoms. The van der Waals surface area contributed by atoms with E-state index in [1.165, 1.54) is 19.3 Å². The van der Waals surface area contributed by atoms with Gasteiger partial charge in [-0.05, 0) is 42.6 Å². The van der Waals surface area contributed by atoms with E-state index < -0.39 is 0 Å². The zero-order valence-electron chi connectivity index (χ0n) is 12.4. The minimum Gasteiger partial charge on any atom is -0.342 e. The summed E-state index contributed by atoms with van der Waals surface area (Å²) in [7, 11) is 0. The molecule has 0 aromatic heterocycles. The van der Waals surface area contributed by atoms with E-state index in [-0.39, 0.29) is 5.91 Å². The summed E-state index contributed by atoms with van der Waals surface area (Å²) < 4.78 is 0. The van der Waals surface area contributed by atoms with Crippen molar-refractivity contribution in [2.24, 2.45) is 16.7 Å². The minimum atomic E-state index is 0.283. The summed E-state index contributed by atoms with van der Waals surface area (Å²) in [6.07, 6.45) is 3.63. The van der Waals surface area contributed by atoms with Gasteiger partial charge in [0, 0.05) is 13.1 Å². The summed E-state index contributed by atoms with van der Waals surface area (Å²) in [4.78, 5) is 14.0. The molecule has 1 amide bonds. The van der Waals surface area contributed by atoms with Crippen LogP contribution in [0.25, 0.3) is 0 Å². The lowest BCUT2D eigenvalue weighted by atomic mass is 10.0. The molecular weight excluding hydrogens is 224 g/mol. The van der Waals surface area contributed by atoms with Crippen molar-refractivity contribution in [1.82, 2.24) is 10.2 Å². The summed E-state index contributed by atoms with van der Waals surface area (Å²) in [5, 5.41) is 3.36. The van der Waals surface area contributed by atoms with Crippen LogP contribution in [0.2, 0.25) is 0 Å². The SMILES string of the molecule is CC1(C)C(CNCC(=O)N2CCCCC2)C1(C)C. The molecule has 0 aromatic carbocycles. The van der Waals surface area contributed by atoms with Crippen LogP contribution in [0.15, 0.2) is 0 Å². The second-order valence-electron chi connectivity index (χ2n) is 7.07. The van der Waals surface area contributed by atoms with Gasteiger partial charge in [-0.2, -0.15) is 0 Å². The second-order valence-corrected chi connectivity index (χ2v) is 7.07. The molecule has 0 atom stereocenters. The van der Waals surface area contributed by atoms with Crippen molar-refractivity contribution >= 4 is 5.91 Å². The average Bonchev–Trinajstić information content (AvgIpc) is 2.72. The van der Waals surface area contributed by atoms with Gasteiger partial charge in [-0.25, -0.2) is 0 Å². The Morgan fingerprint density at radius 3 is 2.17 bits per heavy atom. The van der Waals surface area contributed by atoms with Crippen LogP contribution in [0.5, 0.6) is 0 Å². The summed E-state index contributed by atoms with van der Waals surface area (Å²) in [5.41, 5.74) is 0.822. The van der Waals surface area contributed by atoms with Gasteiger partial charge < -0.3 is 10.2 Å². The van der Waals surface area contributed by atoms with Crippen LogP contribution in [0.3, 0.4) is 0 Å². The number of amides is 1. The highest BCUT2D eigenvalue weighted by atomic mass is 16.2. The molecule has 1 heterocycles. The first kappa shape index (κ1) is 13.9. The number of carbonyl (C=O) groups excluding carboxylic acids is 1. The van der Waals surface area contributed by atoms with Gasteiger partial charge in [0.05, 0.1) is 6.54 Å². The van der Waals surface area contributed by atoms with Crippen LogP contribution >= 0.6 is 0 Å². The first-order valence-corrected chi connectivity index (χ1v) is 7.36. The predicted octanol–water partition coefficient (Wildman–Crippen LogP) is 2.27. The van der Waals surface area contributed by atoms with Gasteiger partial charge in [0.1, 0.15) is 0 Å². The van der Waals surface area contributed by atoms with Crippen molar-refractivity contribution in [3.63, 3.8) is 0 Å². The zero-order chi connectivity index (χ0) is 13.4. The van der Waals surface area contributed by atoms with E-state index >= 15 is 0 Å². The summed E-state index contributed by atoms with van der Waals surface area (Å²) in [6, 6.07) is 0. The molecular formula is C15H28N2O. The third-order valence-electron chi connectivity index (χ3n) is 5.65. The molecule has 1 aliphatic heterocycles. The normalized spacial score (nSPS) is 26.1. The van der Waals surface area contributed by atoms with E-state index in [0.29, 0.717) is 23.3 Å². The van der Waals surface area contributed by atoms with E-state index in [1.807, 2.05) is 4.90 Å². The van der Waals surface area contributed by atoms with Crippen LogP contribution in [0.4, 0.5) is 0 Å². The third kappa shape index (κ3) is 2.42. The maximum atomic E-state index is 12.0. The van der Waals surface area contributed by atoms with E-state index in [9.17, 15) is 4.79 Å². The fourth-order valence-electron chi connectivity index (χ4n) is 3.42. The lowest BCUT2D eigenvalue weighted by Crippen LogP contribution is -2.41. The van der Waals surface area contributed by atoms with E-state index in [4.69, 9.17) is 0 Å². The van der Waals surface area contributed by atoms with Gasteiger partial charge in [-0.1, -0.05) is 27.7 Å². The standard InChI is InChI=1S/C15H28N2O/c1-14(2)12(15(14,3)4)10-16-11-13(18)17-8-6-5-7-9-17/h12,16H,5-11H2,1-4H3. The van der Waals surface area contributed by atoms with Gasteiger partial charge in [-0.3, -0.25) is 4.79 Å². The lowest BCUT2D eigenvalue weighted by Gasteiger charge is -2.26. The number of hydrogen-bond acceptors (Lipinski definition) is 2. The molecule has 1 saturated heterocycles. The van der Waals surface area contributed by atoms with Gasteiger partial charge in [-0.15, -0.1) is 0 Å². The number of hydrogen-bond donors (Lipinski definition) is 1. The fraction of sp³-hybridized carbons (Fsp3) is 0.933. The van der Waals surface area contributed by atoms with Crippen molar-refractivity contribution in [1.29, 1.82) is 0 Å². The maximum Gasteiger partial charge on any atom is 0.236 e. The molecule has 2 fully saturated rings. The third-order valence-corrected chi connectivity index (χ3v) is 5.65. The number of likely N-dealkylation sites (tertiary alicyclic amines) is 1. The van der Waals surface area contributed by atoms with Crippen molar-refractivity contribution in [3.8, 4) is 0 Å². The van der Waals surface area contributed by atoms with Gasteiger partial charge in [0.25, 0.3) is 0 Å². The summed E-state index contributed by atoms with van der Waals surface area (Å²) >= 11 is 0. The predicted molar refractivity (Wildman–Crippen MR) is 74.4 cm³/mol. The second kappa shape index (κ2) is 4.84. The van der Waals surface area contributed by atoms with Crippen molar-refractivity contribution < 1.29 is 4.79 Å². The Hall–Kier alpha value is -0.570. The van der Waals surface area contributed by atoms with Crippen molar-refractivity contribution in [2.75, 3.05) is 26.2 Å². The molecule has 2 rings (SSSR count). The number of nitrogens with zero attached hydrogens (tertiary/aromatic N) is 1. The maximum absolute atomic E-state index is 12.0. The largest absolute Gasteiger partial charge is 0.342 e. The summed E-state index contributed by atoms with van der Waals surface area (Å²) in [5.74, 6) is 0.977. The molecule has 0 radical (unpaired) electrons. The Balaban J connectivity index is 1.68. The quantitative estimate of drug-likeness (QED) is 0.832. The Morgan fingerprint density at radius 1 is 1.11 bits per heavy atom. The smallest absolute Gasteiger partial charge is 0.236 e. The van der Waals surface area contributed by atoms with E-state index in [1.54, 1.807) is 0 Å². The molecule has 3 nitrogen and oxygen atoms in total. The molecule has 1 aliphatic carbocycles. The highest BCUT2D eigenvalue weighted by molar-refractivity contribution is 5.78. The molecule has 1 N–H and O–H groups in total. The Bertz CT molecular complexity index is 302. The topological polar surface area (TPSA) is 32.3 Å². The van der Waals surface area contributed by atoms with E-state index in [2.05, 4.69) is 33.0 Å². The van der Waals surface area contributed by atoms with Crippen LogP contribution in [-0.2, 0) is 4.79 Å². The van der Waals surface area contributed by atoms with Crippen LogP contribution in [0.1, 0.15) is 47.0 Å². The first-order valence-electron chi connectivity index (χ1n) is 7.36. The molecule has 104 valence electrons. The molecule has 0 aromatic rings. The fourth-order valence-corrected chi connectivity index (χ4v) is 3.42. The number of piperidine rings is 1. The minimum absolute atomic E-state index is 0.283. The van der Waals surface area contributed by atoms with Crippen molar-refractivity contribution in [2.45, 2.75) is 47.0 Å². The van der Waals surface area contributed by atoms with Crippen molar-refractivity contribution in [3.05, 3.63) is 0 Å². The lowest BCUT2D eigenvalue weighted by molar-refractivity contribution is -0.131. The molecule has 3 heteroatoms. The van der Waals surface area contributed by atoms with E-state index in [0.717, 1.165) is 19.6 Å². The van der Waals surface area contributed by atoms with Gasteiger partial charge in [0.15, 0.2) is 0 Å². The zero-order valence-corrected chi connectivity index (χ0v) is 12.4. The Labute approximate surface area is 111 Å². The van der Waals surface area contributed by atoms with Crippen LogP contribution < -0.4 is 5.32 Å². The highest BCUT2D eigenvalue weighted by Gasteiger charge is 2.63. The van der Waals surface area contributed by atoms with Gasteiger partial charge in [0.2, 0.25) is 5.91 Å². The first-order chi connectivity index (χ1) is 8.37. The Morgan fingerprint density at radius 2 is 1.67 bits per heavy atom. The monoisotopic (exact) mass is 252 g/mol. The van der Waals surface area contributed by atoms with Crippen LogP contribution in [0, 0.1) is 16.7 Å². The average molecular weight is 252 g/mol. The van der Waals surface area contributed by atoms with Crippen LogP contribution in [-0.4, -0.2) is 37.0 Å². The molecule has 2 aliphatic rings. The summed E-state index contributed by atoms with van der Waals surface area (Å²) in [6.45, 7) is 12.7. The molecule has 18 heavy (non-hydrogen) atoms.